The fraction of sp³-hybridized carbons (Fsp3) is 0.143. The second-order valence-corrected chi connectivity index (χ2v) is 6.11. The number of rotatable bonds is 3. The highest BCUT2D eigenvalue weighted by Crippen LogP contribution is 2.38. The number of aryl methyl sites for hydroxylation is 3. The van der Waals surface area contributed by atoms with Crippen LogP contribution in [0.5, 0.6) is 11.5 Å². The Morgan fingerprint density at radius 1 is 0.583 bits per heavy atom. The van der Waals surface area contributed by atoms with E-state index in [2.05, 4.69) is 0 Å². The maximum atomic E-state index is 10.1. The molecule has 0 atom stereocenters. The average Bonchev–Trinajstić information content (AvgIpc) is 2.56. The van der Waals surface area contributed by atoms with Crippen LogP contribution in [0, 0.1) is 20.8 Å². The van der Waals surface area contributed by atoms with Gasteiger partial charge in [0.25, 0.3) is 0 Å². The van der Waals surface area contributed by atoms with E-state index in [9.17, 15) is 10.2 Å². The molecule has 3 heteroatoms. The predicted molar refractivity (Wildman–Crippen MR) is 98.7 cm³/mol. The van der Waals surface area contributed by atoms with Crippen LogP contribution < -0.4 is 4.90 Å². The van der Waals surface area contributed by atoms with Gasteiger partial charge in [-0.05, 0) is 56.2 Å². The van der Waals surface area contributed by atoms with Gasteiger partial charge in [-0.1, -0.05) is 29.8 Å². The lowest BCUT2D eigenvalue weighted by Crippen LogP contribution is -2.10. The summed E-state index contributed by atoms with van der Waals surface area (Å²) in [5.74, 6) is 0.502. The van der Waals surface area contributed by atoms with Crippen LogP contribution in [-0.4, -0.2) is 10.2 Å². The van der Waals surface area contributed by atoms with E-state index in [0.29, 0.717) is 0 Å². The van der Waals surface area contributed by atoms with Crippen molar-refractivity contribution in [3.05, 3.63) is 77.4 Å². The molecule has 3 aromatic carbocycles. The van der Waals surface area contributed by atoms with Crippen LogP contribution in [0.15, 0.2) is 60.7 Å². The van der Waals surface area contributed by atoms with Crippen molar-refractivity contribution in [3.63, 3.8) is 0 Å². The van der Waals surface area contributed by atoms with Crippen molar-refractivity contribution in [1.29, 1.82) is 0 Å². The molecule has 122 valence electrons. The van der Waals surface area contributed by atoms with E-state index in [1.54, 1.807) is 12.1 Å². The zero-order valence-electron chi connectivity index (χ0n) is 14.1. The van der Waals surface area contributed by atoms with Crippen LogP contribution in [0.25, 0.3) is 0 Å². The molecule has 3 aromatic rings. The molecule has 0 saturated carbocycles. The van der Waals surface area contributed by atoms with Gasteiger partial charge in [-0.15, -0.1) is 0 Å². The highest BCUT2D eigenvalue weighted by Gasteiger charge is 2.14. The zero-order valence-corrected chi connectivity index (χ0v) is 14.1. The van der Waals surface area contributed by atoms with Crippen molar-refractivity contribution in [3.8, 4) is 11.5 Å². The van der Waals surface area contributed by atoms with E-state index in [4.69, 9.17) is 0 Å². The van der Waals surface area contributed by atoms with Gasteiger partial charge in [-0.25, -0.2) is 0 Å². The second-order valence-electron chi connectivity index (χ2n) is 6.11. The summed E-state index contributed by atoms with van der Waals surface area (Å²) in [6.07, 6.45) is 0. The zero-order chi connectivity index (χ0) is 17.3. The smallest absolute Gasteiger partial charge is 0.120 e. The molecule has 0 saturated heterocycles. The average molecular weight is 319 g/mol. The molecule has 0 heterocycles. The van der Waals surface area contributed by atoms with Crippen LogP contribution in [0.1, 0.15) is 16.7 Å². The Labute approximate surface area is 142 Å². The molecule has 0 radical (unpaired) electrons. The molecule has 0 fully saturated rings. The van der Waals surface area contributed by atoms with Crippen molar-refractivity contribution in [1.82, 2.24) is 0 Å². The summed E-state index contributed by atoms with van der Waals surface area (Å²) >= 11 is 0. The van der Waals surface area contributed by atoms with Gasteiger partial charge in [-0.3, -0.25) is 0 Å². The van der Waals surface area contributed by atoms with E-state index in [-0.39, 0.29) is 11.5 Å². The SMILES string of the molecule is Cc1ccc(N(c2ccc(C)c(O)c2)c2ccc(C)c(O)c2)cc1. The van der Waals surface area contributed by atoms with E-state index in [1.165, 1.54) is 5.56 Å². The topological polar surface area (TPSA) is 43.7 Å². The van der Waals surface area contributed by atoms with Crippen molar-refractivity contribution < 1.29 is 10.2 Å². The molecule has 2 N–H and O–H groups in total. The van der Waals surface area contributed by atoms with Crippen molar-refractivity contribution in [2.24, 2.45) is 0 Å². The minimum absolute atomic E-state index is 0.251. The lowest BCUT2D eigenvalue weighted by atomic mass is 10.1. The summed E-state index contributed by atoms with van der Waals surface area (Å²) in [7, 11) is 0. The van der Waals surface area contributed by atoms with Gasteiger partial charge >= 0.3 is 0 Å². The summed E-state index contributed by atoms with van der Waals surface area (Å²) in [5, 5.41) is 20.2. The van der Waals surface area contributed by atoms with Crippen molar-refractivity contribution in [2.75, 3.05) is 4.90 Å². The first-order valence-corrected chi connectivity index (χ1v) is 7.92. The third kappa shape index (κ3) is 3.06. The third-order valence-corrected chi connectivity index (χ3v) is 4.19. The molecule has 0 unspecified atom stereocenters. The first kappa shape index (κ1) is 15.9. The molecule has 0 bridgehead atoms. The molecular formula is C21H21NO2. The number of phenols is 2. The predicted octanol–water partition coefficient (Wildman–Crippen LogP) is 5.49. The highest BCUT2D eigenvalue weighted by atomic mass is 16.3. The number of benzene rings is 3. The van der Waals surface area contributed by atoms with Gasteiger partial charge < -0.3 is 15.1 Å². The second kappa shape index (κ2) is 6.28. The number of aromatic hydroxyl groups is 2. The fourth-order valence-corrected chi connectivity index (χ4v) is 2.61. The Hall–Kier alpha value is -2.94. The monoisotopic (exact) mass is 319 g/mol. The van der Waals surface area contributed by atoms with E-state index >= 15 is 0 Å². The number of anilines is 3. The Balaban J connectivity index is 2.17. The van der Waals surface area contributed by atoms with Gasteiger partial charge in [-0.2, -0.15) is 0 Å². The van der Waals surface area contributed by atoms with Gasteiger partial charge in [0.2, 0.25) is 0 Å². The molecule has 0 aliphatic carbocycles. The first-order valence-electron chi connectivity index (χ1n) is 7.92. The van der Waals surface area contributed by atoms with Crippen LogP contribution >= 0.6 is 0 Å². The van der Waals surface area contributed by atoms with Gasteiger partial charge in [0.15, 0.2) is 0 Å². The Bertz CT molecular complexity index is 818. The maximum absolute atomic E-state index is 10.1. The molecule has 0 amide bonds. The Kier molecular flexibility index (Phi) is 4.17. The lowest BCUT2D eigenvalue weighted by molar-refractivity contribution is 0.471. The quantitative estimate of drug-likeness (QED) is 0.670. The largest absolute Gasteiger partial charge is 0.508 e. The third-order valence-electron chi connectivity index (χ3n) is 4.19. The molecule has 0 aliphatic rings. The van der Waals surface area contributed by atoms with Gasteiger partial charge in [0.05, 0.1) is 0 Å². The maximum Gasteiger partial charge on any atom is 0.120 e. The summed E-state index contributed by atoms with van der Waals surface area (Å²) in [5.41, 5.74) is 5.48. The summed E-state index contributed by atoms with van der Waals surface area (Å²) in [6.45, 7) is 5.78. The molecule has 0 spiro atoms. The molecule has 0 aliphatic heterocycles. The summed E-state index contributed by atoms with van der Waals surface area (Å²) in [6, 6.07) is 19.3. The Morgan fingerprint density at radius 2 is 1.00 bits per heavy atom. The molecule has 0 aromatic heterocycles. The molecule has 3 nitrogen and oxygen atoms in total. The van der Waals surface area contributed by atoms with E-state index in [1.807, 2.05) is 74.2 Å². The van der Waals surface area contributed by atoms with E-state index < -0.39 is 0 Å². The standard InChI is InChI=1S/C21H21NO2/c1-14-4-8-17(9-5-14)22(18-10-6-15(2)20(23)12-18)19-11-7-16(3)21(24)13-19/h4-13,23-24H,1-3H3. The number of phenolic OH excluding ortho intramolecular Hbond substituents is 2. The minimum Gasteiger partial charge on any atom is -0.508 e. The minimum atomic E-state index is 0.251. The van der Waals surface area contributed by atoms with Gasteiger partial charge in [0, 0.05) is 29.2 Å². The fourth-order valence-electron chi connectivity index (χ4n) is 2.61. The number of nitrogens with zero attached hydrogens (tertiary/aromatic N) is 1. The Morgan fingerprint density at radius 3 is 1.42 bits per heavy atom. The number of hydrogen-bond acceptors (Lipinski definition) is 3. The van der Waals surface area contributed by atoms with Crippen LogP contribution in [0.4, 0.5) is 17.1 Å². The molecule has 24 heavy (non-hydrogen) atoms. The van der Waals surface area contributed by atoms with Crippen molar-refractivity contribution in [2.45, 2.75) is 20.8 Å². The lowest BCUT2D eigenvalue weighted by Gasteiger charge is -2.26. The summed E-state index contributed by atoms with van der Waals surface area (Å²) in [4.78, 5) is 2.01. The molecular weight excluding hydrogens is 298 g/mol. The first-order chi connectivity index (χ1) is 11.5. The number of hydrogen-bond donors (Lipinski definition) is 2. The van der Waals surface area contributed by atoms with Gasteiger partial charge in [0.1, 0.15) is 11.5 Å². The van der Waals surface area contributed by atoms with Crippen LogP contribution in [0.3, 0.4) is 0 Å². The normalized spacial score (nSPS) is 10.6. The van der Waals surface area contributed by atoms with Crippen molar-refractivity contribution >= 4 is 17.1 Å². The highest BCUT2D eigenvalue weighted by molar-refractivity contribution is 5.78. The summed E-state index contributed by atoms with van der Waals surface area (Å²) < 4.78 is 0. The molecule has 3 rings (SSSR count). The van der Waals surface area contributed by atoms with E-state index in [0.717, 1.165) is 28.2 Å². The van der Waals surface area contributed by atoms with Crippen LogP contribution in [-0.2, 0) is 0 Å². The van der Waals surface area contributed by atoms with Crippen LogP contribution in [0.2, 0.25) is 0 Å².